The molecule has 0 unspecified atom stereocenters. The molecule has 0 aliphatic carbocycles. The van der Waals surface area contributed by atoms with Crippen LogP contribution in [0.4, 0.5) is 0 Å². The highest BCUT2D eigenvalue weighted by Crippen LogP contribution is 2.56. The topological polar surface area (TPSA) is 183 Å². The monoisotopic (exact) mass is 1520 g/mol. The molecule has 112 heavy (non-hydrogen) atoms. The van der Waals surface area contributed by atoms with Gasteiger partial charge in [0.15, 0.2) is 23.3 Å². The van der Waals surface area contributed by atoms with Gasteiger partial charge < -0.3 is 47.9 Å². The smallest absolute Gasteiger partial charge is 0.168 e. The van der Waals surface area contributed by atoms with Gasteiger partial charge in [0, 0.05) is 44.5 Å². The van der Waals surface area contributed by atoms with Crippen molar-refractivity contribution in [1.29, 1.82) is 0 Å². The van der Waals surface area contributed by atoms with E-state index in [9.17, 15) is 0 Å². The van der Waals surface area contributed by atoms with Gasteiger partial charge in [-0.15, -0.1) is 52.6 Å². The number of fused-ring (bicyclic) bond motifs is 20. The number of hydrogen-bond donors (Lipinski definition) is 2. The van der Waals surface area contributed by atoms with E-state index in [4.69, 9.17) is 67.8 Å². The van der Waals surface area contributed by atoms with Gasteiger partial charge in [0.25, 0.3) is 0 Å². The summed E-state index contributed by atoms with van der Waals surface area (Å²) >= 11 is 0. The van der Waals surface area contributed by atoms with E-state index in [1.165, 1.54) is 0 Å². The van der Waals surface area contributed by atoms with Crippen molar-refractivity contribution in [3.05, 3.63) is 146 Å². The van der Waals surface area contributed by atoms with E-state index >= 15 is 0 Å². The number of allylic oxidation sites excluding steroid dienone is 8. The molecule has 3 aromatic heterocycles. The van der Waals surface area contributed by atoms with Crippen LogP contribution in [-0.2, 0) is 51.4 Å². The average molecular weight is 1520 g/mol. The lowest BCUT2D eigenvalue weighted by Crippen LogP contribution is -2.10. The zero-order valence-electron chi connectivity index (χ0n) is 69.5. The fourth-order valence-electron chi connectivity index (χ4n) is 15.3. The quantitative estimate of drug-likeness (QED) is 0.0271. The molecule has 2 aliphatic heterocycles. The molecule has 8 bridgehead atoms. The molecule has 0 saturated carbocycles. The van der Waals surface area contributed by atoms with Crippen LogP contribution in [0.25, 0.3) is 89.7 Å². The summed E-state index contributed by atoms with van der Waals surface area (Å²) in [5, 5.41) is 2.61. The molecule has 16 heteroatoms. The molecule has 0 amide bonds. The van der Waals surface area contributed by atoms with E-state index < -0.39 is 0 Å². The van der Waals surface area contributed by atoms with Crippen molar-refractivity contribution < 1.29 is 37.9 Å². The van der Waals surface area contributed by atoms with Crippen LogP contribution in [0.1, 0.15) is 254 Å². The number of aromatic amines is 2. The molecular weight excluding hydrogens is 1390 g/mol. The molecule has 5 heterocycles. The summed E-state index contributed by atoms with van der Waals surface area (Å²) in [6, 6.07) is 0. The van der Waals surface area contributed by atoms with Crippen LogP contribution in [0.5, 0.6) is 46.0 Å². The SMILES string of the molecule is C=CCc1c(CC=C)c(OCCCCC)c2c(c1OCCCCC)-c1nc-2nc2[nH]c(nc3nc(nc4[nH]c(n1)c1c(OCCCCC)c(CC=C)c(CC=C)c(OCCCCC)c41)-c1c(OCCCCC)c(CC=C)c(CC=C)c(OCCCCC)c1-3)c1c(OCCCCC)c(CC=C)c(CC=C)c(OCCCCC)c21. The van der Waals surface area contributed by atoms with E-state index in [1.807, 2.05) is 48.6 Å². The van der Waals surface area contributed by atoms with Gasteiger partial charge in [-0.2, -0.15) is 0 Å². The van der Waals surface area contributed by atoms with Gasteiger partial charge >= 0.3 is 0 Å². The third kappa shape index (κ3) is 20.1. The Morgan fingerprint density at radius 2 is 0.366 bits per heavy atom. The molecule has 2 aliphatic rings. The number of nitrogens with zero attached hydrogens (tertiary/aromatic N) is 6. The van der Waals surface area contributed by atoms with Gasteiger partial charge in [-0.3, -0.25) is 0 Å². The van der Waals surface area contributed by atoms with Crippen LogP contribution >= 0.6 is 0 Å². The highest BCUT2D eigenvalue weighted by molar-refractivity contribution is 6.15. The molecule has 0 spiro atoms. The summed E-state index contributed by atoms with van der Waals surface area (Å²) in [6.45, 7) is 56.1. The van der Waals surface area contributed by atoms with Crippen molar-refractivity contribution in [3.63, 3.8) is 0 Å². The van der Waals surface area contributed by atoms with Crippen molar-refractivity contribution in [2.24, 2.45) is 0 Å². The summed E-state index contributed by atoms with van der Waals surface area (Å²) in [6.07, 6.45) is 41.2. The lowest BCUT2D eigenvalue weighted by Gasteiger charge is -2.23. The number of rotatable bonds is 56. The number of nitrogens with one attached hydrogen (secondary N) is 2. The van der Waals surface area contributed by atoms with Crippen LogP contribution in [0.3, 0.4) is 0 Å². The fraction of sp³-hybridized carbons (Fsp3) is 0.500. The Balaban J connectivity index is 1.73. The highest BCUT2D eigenvalue weighted by atomic mass is 16.5. The van der Waals surface area contributed by atoms with E-state index in [1.54, 1.807) is 0 Å². The summed E-state index contributed by atoms with van der Waals surface area (Å²) in [7, 11) is 0. The molecule has 0 fully saturated rings. The predicted octanol–water partition coefficient (Wildman–Crippen LogP) is 25.2. The molecular formula is C96H130N8O8. The van der Waals surface area contributed by atoms with Gasteiger partial charge in [0.1, 0.15) is 68.6 Å². The predicted molar refractivity (Wildman–Crippen MR) is 467 cm³/mol. The Hall–Kier alpha value is -9.44. The minimum absolute atomic E-state index is 0.325. The van der Waals surface area contributed by atoms with E-state index in [2.05, 4.69) is 118 Å². The minimum Gasteiger partial charge on any atom is -0.492 e. The van der Waals surface area contributed by atoms with Crippen molar-refractivity contribution in [3.8, 4) is 91.5 Å². The Labute approximate surface area is 669 Å². The van der Waals surface area contributed by atoms with Crippen molar-refractivity contribution in [2.75, 3.05) is 52.9 Å². The maximum atomic E-state index is 7.39. The number of H-pyrrole nitrogens is 2. The average Bonchev–Trinajstić information content (AvgIpc) is 1.55. The van der Waals surface area contributed by atoms with E-state index in [0.29, 0.717) is 240 Å². The van der Waals surface area contributed by atoms with Gasteiger partial charge in [-0.1, -0.05) is 207 Å². The second kappa shape index (κ2) is 45.3. The first-order valence-corrected chi connectivity index (χ1v) is 42.6. The molecule has 4 aromatic carbocycles. The Morgan fingerprint density at radius 1 is 0.214 bits per heavy atom. The lowest BCUT2D eigenvalue weighted by atomic mass is 9.91. The van der Waals surface area contributed by atoms with Gasteiger partial charge in [0.2, 0.25) is 0 Å². The van der Waals surface area contributed by atoms with Gasteiger partial charge in [0.05, 0.1) is 96.7 Å². The zero-order valence-corrected chi connectivity index (χ0v) is 69.5. The summed E-state index contributed by atoms with van der Waals surface area (Å²) in [5.74, 6) is 6.30. The molecule has 0 saturated heterocycles. The largest absolute Gasteiger partial charge is 0.492 e. The molecule has 0 atom stereocenters. The third-order valence-electron chi connectivity index (χ3n) is 20.8. The number of unbranched alkanes of at least 4 members (excludes halogenated alkanes) is 16. The standard InChI is InChI=1S/C96H130N8O8/c1-17-33-41-57-105-81-65(49-25-9)66(50-26-10)82(106-58-42-34-18-2)74-73(81)89-97-90(74)102-92-77-78(86(110-62-46-38-22-6)70(54-30-14)69(53-29-13)85(77)109-61-45-37-21-5)94(99-92)104-96-80-79(87(111-63-47-39-23-7)71(55-31-15)72(56-32-16)88(80)112-64-48-40-24-8)95(100-96)103-93-76-75(91(98-93)101-89)83(107-59-43-35-19-3)67(51-27-11)68(52-28-12)84(76)108-60-44-36-20-4/h25-32H,9-24,33-64H2,1-8H3,(H2,97,98,99,100,101,102,103,104). The lowest BCUT2D eigenvalue weighted by molar-refractivity contribution is 0.296. The minimum atomic E-state index is 0.325. The number of benzene rings is 4. The van der Waals surface area contributed by atoms with Crippen molar-refractivity contribution >= 4 is 44.1 Å². The number of aromatic nitrogens is 8. The molecule has 7 aromatic rings. The Morgan fingerprint density at radius 3 is 0.518 bits per heavy atom. The molecule has 16 nitrogen and oxygen atoms in total. The normalized spacial score (nSPS) is 11.5. The second-order valence-electron chi connectivity index (χ2n) is 29.5. The van der Waals surface area contributed by atoms with E-state index in [0.717, 1.165) is 199 Å². The first kappa shape index (κ1) is 86.5. The van der Waals surface area contributed by atoms with E-state index in [-0.39, 0.29) is 0 Å². The van der Waals surface area contributed by atoms with Gasteiger partial charge in [-0.25, -0.2) is 29.9 Å². The summed E-state index contributed by atoms with van der Waals surface area (Å²) in [4.78, 5) is 43.6. The number of ether oxygens (including phenoxy) is 8. The summed E-state index contributed by atoms with van der Waals surface area (Å²) < 4.78 is 59.1. The van der Waals surface area contributed by atoms with Crippen LogP contribution in [0.2, 0.25) is 0 Å². The Bertz CT molecular complexity index is 4020. The Kier molecular flexibility index (Phi) is 35.0. The van der Waals surface area contributed by atoms with Crippen molar-refractivity contribution in [1.82, 2.24) is 39.9 Å². The van der Waals surface area contributed by atoms with Crippen LogP contribution in [-0.4, -0.2) is 92.7 Å². The fourth-order valence-corrected chi connectivity index (χ4v) is 15.3. The van der Waals surface area contributed by atoms with Crippen LogP contribution in [0.15, 0.2) is 101 Å². The van der Waals surface area contributed by atoms with Crippen LogP contribution in [0, 0.1) is 0 Å². The highest BCUT2D eigenvalue weighted by Gasteiger charge is 2.38. The summed E-state index contributed by atoms with van der Waals surface area (Å²) in [5.41, 5.74) is 11.4. The zero-order chi connectivity index (χ0) is 79.7. The maximum absolute atomic E-state index is 7.39. The van der Waals surface area contributed by atoms with Gasteiger partial charge in [-0.05, 0) is 103 Å². The second-order valence-corrected chi connectivity index (χ2v) is 29.5. The first-order valence-electron chi connectivity index (χ1n) is 42.6. The first-order chi connectivity index (χ1) is 55.0. The van der Waals surface area contributed by atoms with Crippen LogP contribution < -0.4 is 37.9 Å². The third-order valence-corrected chi connectivity index (χ3v) is 20.8. The van der Waals surface area contributed by atoms with Crippen molar-refractivity contribution in [2.45, 2.75) is 261 Å². The molecule has 9 rings (SSSR count). The molecule has 0 radical (unpaired) electrons. The molecule has 2 N–H and O–H groups in total. The molecule has 602 valence electrons. The maximum Gasteiger partial charge on any atom is 0.168 e. The number of hydrogen-bond acceptors (Lipinski definition) is 14.